The van der Waals surface area contributed by atoms with Crippen molar-refractivity contribution in [2.45, 2.75) is 51.3 Å². The second-order valence-electron chi connectivity index (χ2n) is 5.88. The Morgan fingerprint density at radius 2 is 1.85 bits per heavy atom. The minimum atomic E-state index is 0.00697. The summed E-state index contributed by atoms with van der Waals surface area (Å²) in [5, 5.41) is 0.00697. The maximum absolute atomic E-state index is 6.76. The molecule has 0 fully saturated rings. The molecule has 0 bridgehead atoms. The van der Waals surface area contributed by atoms with Crippen molar-refractivity contribution < 1.29 is 0 Å². The highest BCUT2D eigenvalue weighted by Crippen LogP contribution is 2.39. The first-order valence-electron chi connectivity index (χ1n) is 7.48. The fraction of sp³-hybridized carbons (Fsp3) is 0.444. The van der Waals surface area contributed by atoms with E-state index in [2.05, 4.69) is 38.1 Å². The van der Waals surface area contributed by atoms with Crippen LogP contribution in [0.15, 0.2) is 24.3 Å². The van der Waals surface area contributed by atoms with Crippen LogP contribution >= 0.6 is 22.9 Å². The first kappa shape index (κ1) is 14.2. The number of benzene rings is 1. The van der Waals surface area contributed by atoms with E-state index in [4.69, 9.17) is 11.6 Å². The second kappa shape index (κ2) is 5.91. The van der Waals surface area contributed by atoms with Gasteiger partial charge in [-0.2, -0.15) is 0 Å². The van der Waals surface area contributed by atoms with E-state index < -0.39 is 0 Å². The van der Waals surface area contributed by atoms with Gasteiger partial charge in [0, 0.05) is 9.75 Å². The van der Waals surface area contributed by atoms with Gasteiger partial charge in [-0.15, -0.1) is 22.9 Å². The number of alkyl halides is 1. The first-order valence-corrected chi connectivity index (χ1v) is 8.73. The van der Waals surface area contributed by atoms with Gasteiger partial charge in [-0.25, -0.2) is 0 Å². The number of halogens is 1. The van der Waals surface area contributed by atoms with Crippen LogP contribution in [0.2, 0.25) is 0 Å². The van der Waals surface area contributed by atoms with Crippen molar-refractivity contribution in [1.29, 1.82) is 0 Å². The molecule has 1 aromatic carbocycles. The Hall–Kier alpha value is -0.790. The minimum Gasteiger partial charge on any atom is -0.143 e. The molecule has 1 aromatic heterocycles. The smallest absolute Gasteiger partial charge is 0.0930 e. The van der Waals surface area contributed by atoms with Crippen LogP contribution in [0, 0.1) is 13.8 Å². The van der Waals surface area contributed by atoms with E-state index in [0.717, 1.165) is 0 Å². The summed E-state index contributed by atoms with van der Waals surface area (Å²) in [5.41, 5.74) is 5.41. The number of hydrogen-bond acceptors (Lipinski definition) is 1. The Morgan fingerprint density at radius 3 is 2.65 bits per heavy atom. The van der Waals surface area contributed by atoms with Crippen LogP contribution in [-0.4, -0.2) is 0 Å². The van der Waals surface area contributed by atoms with Gasteiger partial charge in [0.05, 0.1) is 5.38 Å². The van der Waals surface area contributed by atoms with Crippen LogP contribution in [-0.2, 0) is 12.8 Å². The number of aryl methyl sites for hydroxylation is 4. The first-order chi connectivity index (χ1) is 9.65. The van der Waals surface area contributed by atoms with Gasteiger partial charge in [-0.05, 0) is 62.3 Å². The largest absolute Gasteiger partial charge is 0.143 e. The molecule has 106 valence electrons. The molecule has 2 heteroatoms. The van der Waals surface area contributed by atoms with Crippen molar-refractivity contribution in [2.24, 2.45) is 0 Å². The lowest BCUT2D eigenvalue weighted by molar-refractivity contribution is 0.712. The Labute approximate surface area is 130 Å². The van der Waals surface area contributed by atoms with Crippen LogP contribution in [0.4, 0.5) is 0 Å². The Balaban J connectivity index is 1.92. The molecule has 20 heavy (non-hydrogen) atoms. The van der Waals surface area contributed by atoms with E-state index in [0.29, 0.717) is 0 Å². The fourth-order valence-corrected chi connectivity index (χ4v) is 4.77. The lowest BCUT2D eigenvalue weighted by atomic mass is 10.0. The fourth-order valence-electron chi connectivity index (χ4n) is 3.08. The molecule has 1 heterocycles. The SMILES string of the molecule is Cc1ccc(C(Cl)c2cc3c(s2)CCCCC3)c(C)c1. The summed E-state index contributed by atoms with van der Waals surface area (Å²) in [7, 11) is 0. The van der Waals surface area contributed by atoms with Gasteiger partial charge < -0.3 is 0 Å². The molecule has 0 saturated carbocycles. The lowest BCUT2D eigenvalue weighted by Crippen LogP contribution is -1.94. The highest BCUT2D eigenvalue weighted by molar-refractivity contribution is 7.12. The Morgan fingerprint density at radius 1 is 1.05 bits per heavy atom. The molecule has 2 aromatic rings. The van der Waals surface area contributed by atoms with Crippen molar-refractivity contribution in [1.82, 2.24) is 0 Å². The summed E-state index contributed by atoms with van der Waals surface area (Å²) in [6.45, 7) is 4.30. The number of thiophene rings is 1. The summed E-state index contributed by atoms with van der Waals surface area (Å²) < 4.78 is 0. The van der Waals surface area contributed by atoms with E-state index in [1.807, 2.05) is 11.3 Å². The molecule has 1 unspecified atom stereocenters. The van der Waals surface area contributed by atoms with Crippen LogP contribution < -0.4 is 0 Å². The molecule has 0 amide bonds. The predicted octanol–water partition coefficient (Wildman–Crippen LogP) is 5.96. The number of rotatable bonds is 2. The minimum absolute atomic E-state index is 0.00697. The molecule has 0 aliphatic heterocycles. The second-order valence-corrected chi connectivity index (χ2v) is 7.49. The molecule has 0 saturated heterocycles. The zero-order valence-electron chi connectivity index (χ0n) is 12.2. The maximum Gasteiger partial charge on any atom is 0.0930 e. The van der Waals surface area contributed by atoms with Gasteiger partial charge in [0.15, 0.2) is 0 Å². The van der Waals surface area contributed by atoms with Gasteiger partial charge in [0.1, 0.15) is 0 Å². The van der Waals surface area contributed by atoms with Crippen molar-refractivity contribution >= 4 is 22.9 Å². The normalized spacial score (nSPS) is 16.6. The molecule has 0 spiro atoms. The maximum atomic E-state index is 6.76. The van der Waals surface area contributed by atoms with Gasteiger partial charge in [-0.1, -0.05) is 30.2 Å². The summed E-state index contributed by atoms with van der Waals surface area (Å²) in [6.07, 6.45) is 6.53. The van der Waals surface area contributed by atoms with E-state index in [-0.39, 0.29) is 5.38 Å². The standard InChI is InChI=1S/C18H21ClS/c1-12-8-9-15(13(2)10-12)18(19)17-11-14-6-4-3-5-7-16(14)20-17/h8-11,18H,3-7H2,1-2H3. The topological polar surface area (TPSA) is 0 Å². The van der Waals surface area contributed by atoms with Crippen molar-refractivity contribution in [3.8, 4) is 0 Å². The van der Waals surface area contributed by atoms with Gasteiger partial charge in [0.25, 0.3) is 0 Å². The average Bonchev–Trinajstić information content (AvgIpc) is 2.69. The molecule has 0 N–H and O–H groups in total. The van der Waals surface area contributed by atoms with Crippen LogP contribution in [0.3, 0.4) is 0 Å². The molecule has 1 aliphatic rings. The zero-order valence-corrected chi connectivity index (χ0v) is 13.8. The number of hydrogen-bond donors (Lipinski definition) is 0. The van der Waals surface area contributed by atoms with Crippen molar-refractivity contribution in [2.75, 3.05) is 0 Å². The quantitative estimate of drug-likeness (QED) is 0.474. The molecule has 0 nitrogen and oxygen atoms in total. The average molecular weight is 305 g/mol. The highest BCUT2D eigenvalue weighted by atomic mass is 35.5. The molecule has 0 radical (unpaired) electrons. The van der Waals surface area contributed by atoms with Gasteiger partial charge in [-0.3, -0.25) is 0 Å². The van der Waals surface area contributed by atoms with E-state index >= 15 is 0 Å². The van der Waals surface area contributed by atoms with Crippen LogP contribution in [0.5, 0.6) is 0 Å². The van der Waals surface area contributed by atoms with Crippen LogP contribution in [0.1, 0.15) is 56.6 Å². The monoisotopic (exact) mass is 304 g/mol. The molecule has 3 rings (SSSR count). The summed E-state index contributed by atoms with van der Waals surface area (Å²) >= 11 is 8.69. The molecule has 1 atom stereocenters. The third-order valence-electron chi connectivity index (χ3n) is 4.21. The Kier molecular flexibility index (Phi) is 4.18. The summed E-state index contributed by atoms with van der Waals surface area (Å²) in [6, 6.07) is 8.94. The lowest BCUT2D eigenvalue weighted by Gasteiger charge is -2.12. The van der Waals surface area contributed by atoms with Crippen LogP contribution in [0.25, 0.3) is 0 Å². The van der Waals surface area contributed by atoms with E-state index in [9.17, 15) is 0 Å². The summed E-state index contributed by atoms with van der Waals surface area (Å²) in [5.74, 6) is 0. The third kappa shape index (κ3) is 2.80. The van der Waals surface area contributed by atoms with Gasteiger partial charge >= 0.3 is 0 Å². The van der Waals surface area contributed by atoms with Crippen molar-refractivity contribution in [3.05, 3.63) is 56.3 Å². The zero-order chi connectivity index (χ0) is 14.1. The molecule has 1 aliphatic carbocycles. The van der Waals surface area contributed by atoms with E-state index in [1.165, 1.54) is 53.7 Å². The van der Waals surface area contributed by atoms with Gasteiger partial charge in [0.2, 0.25) is 0 Å². The highest BCUT2D eigenvalue weighted by Gasteiger charge is 2.19. The third-order valence-corrected chi connectivity index (χ3v) is 6.12. The Bertz CT molecular complexity index is 588. The summed E-state index contributed by atoms with van der Waals surface area (Å²) in [4.78, 5) is 2.90. The number of fused-ring (bicyclic) bond motifs is 1. The van der Waals surface area contributed by atoms with E-state index in [1.54, 1.807) is 10.4 Å². The molecular formula is C18H21ClS. The van der Waals surface area contributed by atoms with Crippen molar-refractivity contribution in [3.63, 3.8) is 0 Å². The molecular weight excluding hydrogens is 284 g/mol. The predicted molar refractivity (Wildman–Crippen MR) is 89.2 cm³/mol.